The van der Waals surface area contributed by atoms with E-state index in [1.165, 1.54) is 0 Å². The molecule has 0 spiro atoms. The second kappa shape index (κ2) is 5.15. The van der Waals surface area contributed by atoms with Gasteiger partial charge in [-0.3, -0.25) is 0 Å². The molecule has 14 heavy (non-hydrogen) atoms. The van der Waals surface area contributed by atoms with Gasteiger partial charge in [0.1, 0.15) is 0 Å². The molecule has 0 amide bonds. The van der Waals surface area contributed by atoms with E-state index in [1.807, 2.05) is 25.2 Å². The van der Waals surface area contributed by atoms with Crippen molar-refractivity contribution in [1.29, 1.82) is 0 Å². The number of benzene rings is 1. The maximum absolute atomic E-state index is 6.18. The zero-order chi connectivity index (χ0) is 10.7. The van der Waals surface area contributed by atoms with Gasteiger partial charge in [0.2, 0.25) is 0 Å². The molecule has 1 aromatic rings. The lowest BCUT2D eigenvalue weighted by molar-refractivity contribution is 0.442. The summed E-state index contributed by atoms with van der Waals surface area (Å²) in [6.07, 6.45) is 0. The Morgan fingerprint density at radius 1 is 1.36 bits per heavy atom. The van der Waals surface area contributed by atoms with E-state index in [9.17, 15) is 0 Å². The van der Waals surface area contributed by atoms with Gasteiger partial charge in [-0.25, -0.2) is 0 Å². The first-order chi connectivity index (χ1) is 6.57. The lowest BCUT2D eigenvalue weighted by Crippen LogP contribution is -2.22. The summed E-state index contributed by atoms with van der Waals surface area (Å²) in [5, 5.41) is 4.10. The average Bonchev–Trinajstić information content (AvgIpc) is 2.10. The Morgan fingerprint density at radius 3 is 2.43 bits per heavy atom. The maximum atomic E-state index is 6.18. The Labute approximate surface area is 99.0 Å². The van der Waals surface area contributed by atoms with Crippen molar-refractivity contribution in [3.63, 3.8) is 0 Å². The molecule has 1 unspecified atom stereocenters. The fourth-order valence-corrected chi connectivity index (χ4v) is 2.64. The van der Waals surface area contributed by atoms with Crippen LogP contribution in [0, 0.1) is 5.92 Å². The minimum atomic E-state index is 0.290. The summed E-state index contributed by atoms with van der Waals surface area (Å²) in [5.41, 5.74) is 1.15. The van der Waals surface area contributed by atoms with Crippen molar-refractivity contribution < 1.29 is 0 Å². The molecular formula is C11H15BrClN. The number of rotatable bonds is 3. The van der Waals surface area contributed by atoms with E-state index in [-0.39, 0.29) is 6.04 Å². The van der Waals surface area contributed by atoms with Gasteiger partial charge in [-0.15, -0.1) is 0 Å². The van der Waals surface area contributed by atoms with Crippen LogP contribution in [0.1, 0.15) is 25.5 Å². The van der Waals surface area contributed by atoms with E-state index in [4.69, 9.17) is 11.6 Å². The molecule has 1 aromatic carbocycles. The molecule has 0 aliphatic rings. The first kappa shape index (κ1) is 12.0. The Hall–Kier alpha value is -0.0500. The molecule has 1 atom stereocenters. The monoisotopic (exact) mass is 275 g/mol. The lowest BCUT2D eigenvalue weighted by atomic mass is 9.96. The van der Waals surface area contributed by atoms with Crippen molar-refractivity contribution in [2.45, 2.75) is 19.9 Å². The summed E-state index contributed by atoms with van der Waals surface area (Å²) in [5.74, 6) is 0.510. The van der Waals surface area contributed by atoms with Crippen molar-refractivity contribution in [1.82, 2.24) is 5.32 Å². The Morgan fingerprint density at radius 2 is 2.00 bits per heavy atom. The van der Waals surface area contributed by atoms with Crippen LogP contribution < -0.4 is 5.32 Å². The van der Waals surface area contributed by atoms with E-state index in [1.54, 1.807) is 0 Å². The minimum absolute atomic E-state index is 0.290. The zero-order valence-electron chi connectivity index (χ0n) is 8.64. The molecule has 0 aliphatic heterocycles. The first-order valence-corrected chi connectivity index (χ1v) is 5.86. The van der Waals surface area contributed by atoms with Gasteiger partial charge < -0.3 is 5.32 Å². The third-order valence-corrected chi connectivity index (χ3v) is 3.31. The topological polar surface area (TPSA) is 12.0 Å². The molecule has 3 heteroatoms. The van der Waals surface area contributed by atoms with Crippen LogP contribution in [0.3, 0.4) is 0 Å². The SMILES string of the molecule is CNC(c1c(Cl)cccc1Br)C(C)C. The van der Waals surface area contributed by atoms with Crippen molar-refractivity contribution in [3.8, 4) is 0 Å². The van der Waals surface area contributed by atoms with E-state index in [0.29, 0.717) is 5.92 Å². The molecule has 0 bridgehead atoms. The number of hydrogen-bond donors (Lipinski definition) is 1. The Balaban J connectivity index is 3.15. The summed E-state index contributed by atoms with van der Waals surface area (Å²) in [7, 11) is 1.96. The van der Waals surface area contributed by atoms with Crippen molar-refractivity contribution >= 4 is 27.5 Å². The highest BCUT2D eigenvalue weighted by molar-refractivity contribution is 9.10. The number of nitrogens with one attached hydrogen (secondary N) is 1. The van der Waals surface area contributed by atoms with Crippen molar-refractivity contribution in [3.05, 3.63) is 33.3 Å². The summed E-state index contributed by atoms with van der Waals surface area (Å²) in [4.78, 5) is 0. The van der Waals surface area contributed by atoms with Crippen LogP contribution in [-0.4, -0.2) is 7.05 Å². The molecular weight excluding hydrogens is 261 g/mol. The standard InChI is InChI=1S/C11H15BrClN/c1-7(2)11(14-3)10-8(12)5-4-6-9(10)13/h4-7,11,14H,1-3H3. The number of hydrogen-bond acceptors (Lipinski definition) is 1. The van der Waals surface area contributed by atoms with E-state index >= 15 is 0 Å². The van der Waals surface area contributed by atoms with Gasteiger partial charge in [0, 0.05) is 21.1 Å². The van der Waals surface area contributed by atoms with Crippen molar-refractivity contribution in [2.75, 3.05) is 7.05 Å². The van der Waals surface area contributed by atoms with Crippen LogP contribution >= 0.6 is 27.5 Å². The van der Waals surface area contributed by atoms with Crippen LogP contribution in [-0.2, 0) is 0 Å². The smallest absolute Gasteiger partial charge is 0.0465 e. The first-order valence-electron chi connectivity index (χ1n) is 4.69. The summed E-state index contributed by atoms with van der Waals surface area (Å²) in [6, 6.07) is 6.18. The summed E-state index contributed by atoms with van der Waals surface area (Å²) >= 11 is 9.71. The summed E-state index contributed by atoms with van der Waals surface area (Å²) < 4.78 is 1.07. The predicted molar refractivity (Wildman–Crippen MR) is 65.8 cm³/mol. The second-order valence-corrected chi connectivity index (χ2v) is 4.91. The molecule has 1 nitrogen and oxygen atoms in total. The van der Waals surface area contributed by atoms with E-state index in [2.05, 4.69) is 35.1 Å². The lowest BCUT2D eigenvalue weighted by Gasteiger charge is -2.23. The van der Waals surface area contributed by atoms with Crippen LogP contribution in [0.4, 0.5) is 0 Å². The molecule has 1 N–H and O–H groups in total. The van der Waals surface area contributed by atoms with Crippen LogP contribution in [0.15, 0.2) is 22.7 Å². The van der Waals surface area contributed by atoms with Gasteiger partial charge in [-0.1, -0.05) is 47.4 Å². The van der Waals surface area contributed by atoms with Gasteiger partial charge in [0.15, 0.2) is 0 Å². The van der Waals surface area contributed by atoms with Gasteiger partial charge in [-0.2, -0.15) is 0 Å². The molecule has 1 rings (SSSR count). The van der Waals surface area contributed by atoms with E-state index in [0.717, 1.165) is 15.1 Å². The second-order valence-electron chi connectivity index (χ2n) is 3.65. The molecule has 0 aromatic heterocycles. The normalized spacial score (nSPS) is 13.3. The highest BCUT2D eigenvalue weighted by Gasteiger charge is 2.18. The third kappa shape index (κ3) is 2.50. The molecule has 0 fully saturated rings. The highest BCUT2D eigenvalue weighted by Crippen LogP contribution is 2.33. The quantitative estimate of drug-likeness (QED) is 0.879. The molecule has 0 heterocycles. The number of halogens is 2. The molecule has 78 valence electrons. The molecule has 0 aliphatic carbocycles. The third-order valence-electron chi connectivity index (χ3n) is 2.29. The van der Waals surface area contributed by atoms with Crippen LogP contribution in [0.5, 0.6) is 0 Å². The average molecular weight is 277 g/mol. The molecule has 0 saturated heterocycles. The Kier molecular flexibility index (Phi) is 4.42. The molecule has 0 radical (unpaired) electrons. The van der Waals surface area contributed by atoms with Crippen LogP contribution in [0.2, 0.25) is 5.02 Å². The van der Waals surface area contributed by atoms with Crippen LogP contribution in [0.25, 0.3) is 0 Å². The zero-order valence-corrected chi connectivity index (χ0v) is 11.0. The highest BCUT2D eigenvalue weighted by atomic mass is 79.9. The van der Waals surface area contributed by atoms with Gasteiger partial charge in [0.25, 0.3) is 0 Å². The summed E-state index contributed by atoms with van der Waals surface area (Å²) in [6.45, 7) is 4.36. The van der Waals surface area contributed by atoms with Gasteiger partial charge in [-0.05, 0) is 25.1 Å². The van der Waals surface area contributed by atoms with E-state index < -0.39 is 0 Å². The fourth-order valence-electron chi connectivity index (χ4n) is 1.62. The largest absolute Gasteiger partial charge is 0.313 e. The van der Waals surface area contributed by atoms with Crippen molar-refractivity contribution in [2.24, 2.45) is 5.92 Å². The molecule has 0 saturated carbocycles. The maximum Gasteiger partial charge on any atom is 0.0465 e. The Bertz CT molecular complexity index is 292. The fraction of sp³-hybridized carbons (Fsp3) is 0.455. The van der Waals surface area contributed by atoms with Gasteiger partial charge >= 0.3 is 0 Å². The predicted octanol–water partition coefficient (Wildman–Crippen LogP) is 4.02. The minimum Gasteiger partial charge on any atom is -0.313 e. The van der Waals surface area contributed by atoms with Gasteiger partial charge in [0.05, 0.1) is 0 Å².